The van der Waals surface area contributed by atoms with Crippen molar-refractivity contribution < 1.29 is 4.39 Å². The summed E-state index contributed by atoms with van der Waals surface area (Å²) >= 11 is 0. The quantitative estimate of drug-likeness (QED) is 0.602. The van der Waals surface area contributed by atoms with Crippen LogP contribution in [0.1, 0.15) is 0 Å². The summed E-state index contributed by atoms with van der Waals surface area (Å²) in [6.07, 6.45) is 3.16. The van der Waals surface area contributed by atoms with Crippen LogP contribution in [0.2, 0.25) is 0 Å². The lowest BCUT2D eigenvalue weighted by Crippen LogP contribution is -1.98. The molecule has 2 aromatic heterocycles. The van der Waals surface area contributed by atoms with Crippen LogP contribution in [0, 0.1) is 5.82 Å². The third kappa shape index (κ3) is 2.50. The van der Waals surface area contributed by atoms with Gasteiger partial charge in [-0.3, -0.25) is 5.10 Å². The second-order valence-electron chi connectivity index (χ2n) is 5.03. The first-order valence-corrected chi connectivity index (χ1v) is 7.07. The number of para-hydroxylation sites is 1. The molecule has 0 saturated heterocycles. The lowest BCUT2D eigenvalue weighted by Gasteiger charge is -2.09. The number of nitrogens with one attached hydrogen (secondary N) is 2. The SMILES string of the molecule is Fc1ccccc1Nc1ncnc2cc(-c3ccn[nH]3)ccc12. The molecule has 4 aromatic rings. The highest BCUT2D eigenvalue weighted by atomic mass is 19.1. The van der Waals surface area contributed by atoms with Gasteiger partial charge in [-0.25, -0.2) is 14.4 Å². The minimum absolute atomic E-state index is 0.326. The zero-order chi connectivity index (χ0) is 15.6. The fraction of sp³-hybridized carbons (Fsp3) is 0. The standard InChI is InChI=1S/C17H12FN5/c18-13-3-1-2-4-15(13)22-17-12-6-5-11(14-7-8-21-23-14)9-16(12)19-10-20-17/h1-10H,(H,21,23)(H,19,20,22). The summed E-state index contributed by atoms with van der Waals surface area (Å²) in [5.41, 5.74) is 3.04. The Hall–Kier alpha value is -3.28. The predicted octanol–water partition coefficient (Wildman–Crippen LogP) is 3.90. The molecule has 0 fully saturated rings. The van der Waals surface area contributed by atoms with Crippen LogP contribution in [-0.4, -0.2) is 20.2 Å². The number of aromatic amines is 1. The summed E-state index contributed by atoms with van der Waals surface area (Å²) in [7, 11) is 0. The van der Waals surface area contributed by atoms with Crippen molar-refractivity contribution in [1.82, 2.24) is 20.2 Å². The van der Waals surface area contributed by atoms with Crippen LogP contribution in [0.3, 0.4) is 0 Å². The molecule has 0 unspecified atom stereocenters. The van der Waals surface area contributed by atoms with Crippen molar-refractivity contribution in [3.05, 3.63) is 66.9 Å². The number of hydrogen-bond donors (Lipinski definition) is 2. The molecule has 6 heteroatoms. The van der Waals surface area contributed by atoms with E-state index in [1.54, 1.807) is 24.4 Å². The molecular weight excluding hydrogens is 293 g/mol. The molecule has 0 aliphatic carbocycles. The number of anilines is 2. The lowest BCUT2D eigenvalue weighted by molar-refractivity contribution is 0.632. The number of nitrogens with zero attached hydrogens (tertiary/aromatic N) is 3. The summed E-state index contributed by atoms with van der Waals surface area (Å²) in [5.74, 6) is 0.240. The van der Waals surface area contributed by atoms with Gasteiger partial charge >= 0.3 is 0 Å². The summed E-state index contributed by atoms with van der Waals surface area (Å²) in [5, 5.41) is 10.7. The molecule has 4 rings (SSSR count). The summed E-state index contributed by atoms with van der Waals surface area (Å²) in [4.78, 5) is 8.52. The van der Waals surface area contributed by atoms with Crippen molar-refractivity contribution in [2.24, 2.45) is 0 Å². The highest BCUT2D eigenvalue weighted by molar-refractivity contribution is 5.93. The van der Waals surface area contributed by atoms with Crippen molar-refractivity contribution in [3.8, 4) is 11.3 Å². The molecule has 0 spiro atoms. The molecule has 23 heavy (non-hydrogen) atoms. The Morgan fingerprint density at radius 2 is 1.91 bits per heavy atom. The maximum absolute atomic E-state index is 13.8. The number of halogens is 1. The van der Waals surface area contributed by atoms with E-state index in [2.05, 4.69) is 25.5 Å². The molecule has 2 N–H and O–H groups in total. The van der Waals surface area contributed by atoms with Gasteiger partial charge in [0, 0.05) is 17.1 Å². The minimum Gasteiger partial charge on any atom is -0.337 e. The first-order chi connectivity index (χ1) is 11.3. The number of benzene rings is 2. The third-order valence-corrected chi connectivity index (χ3v) is 3.58. The van der Waals surface area contributed by atoms with Crippen LogP contribution in [0.5, 0.6) is 0 Å². The molecule has 2 heterocycles. The first-order valence-electron chi connectivity index (χ1n) is 7.07. The normalized spacial score (nSPS) is 10.8. The van der Waals surface area contributed by atoms with E-state index in [1.165, 1.54) is 12.4 Å². The molecule has 0 atom stereocenters. The summed E-state index contributed by atoms with van der Waals surface area (Å²) < 4.78 is 13.8. The maximum Gasteiger partial charge on any atom is 0.146 e. The molecule has 0 radical (unpaired) electrons. The molecule has 0 bridgehead atoms. The van der Waals surface area contributed by atoms with Gasteiger partial charge in [0.1, 0.15) is 18.0 Å². The van der Waals surface area contributed by atoms with Gasteiger partial charge in [0.25, 0.3) is 0 Å². The summed E-state index contributed by atoms with van der Waals surface area (Å²) in [6.45, 7) is 0. The van der Waals surface area contributed by atoms with Crippen LogP contribution >= 0.6 is 0 Å². The number of aromatic nitrogens is 4. The van der Waals surface area contributed by atoms with E-state index in [-0.39, 0.29) is 5.82 Å². The van der Waals surface area contributed by atoms with E-state index in [0.29, 0.717) is 11.5 Å². The topological polar surface area (TPSA) is 66.5 Å². The van der Waals surface area contributed by atoms with Gasteiger partial charge in [0.2, 0.25) is 0 Å². The summed E-state index contributed by atoms with van der Waals surface area (Å²) in [6, 6.07) is 14.2. The number of fused-ring (bicyclic) bond motifs is 1. The van der Waals surface area contributed by atoms with E-state index in [0.717, 1.165) is 22.2 Å². The van der Waals surface area contributed by atoms with Crippen LogP contribution < -0.4 is 5.32 Å². The number of hydrogen-bond acceptors (Lipinski definition) is 4. The van der Waals surface area contributed by atoms with Gasteiger partial charge < -0.3 is 5.32 Å². The highest BCUT2D eigenvalue weighted by Gasteiger charge is 2.08. The molecular formula is C17H12FN5. The zero-order valence-electron chi connectivity index (χ0n) is 12.0. The molecule has 2 aromatic carbocycles. The average molecular weight is 305 g/mol. The van der Waals surface area contributed by atoms with Crippen molar-refractivity contribution in [2.75, 3.05) is 5.32 Å². The van der Waals surface area contributed by atoms with Gasteiger partial charge in [-0.1, -0.05) is 18.2 Å². The second kappa shape index (κ2) is 5.49. The zero-order valence-corrected chi connectivity index (χ0v) is 12.0. The molecule has 0 amide bonds. The fourth-order valence-corrected chi connectivity index (χ4v) is 2.43. The third-order valence-electron chi connectivity index (χ3n) is 3.58. The predicted molar refractivity (Wildman–Crippen MR) is 86.8 cm³/mol. The highest BCUT2D eigenvalue weighted by Crippen LogP contribution is 2.27. The van der Waals surface area contributed by atoms with Crippen LogP contribution in [0.4, 0.5) is 15.9 Å². The molecule has 5 nitrogen and oxygen atoms in total. The Kier molecular flexibility index (Phi) is 3.20. The van der Waals surface area contributed by atoms with Crippen molar-refractivity contribution >= 4 is 22.4 Å². The van der Waals surface area contributed by atoms with Crippen molar-refractivity contribution in [1.29, 1.82) is 0 Å². The fourth-order valence-electron chi connectivity index (χ4n) is 2.43. The van der Waals surface area contributed by atoms with E-state index >= 15 is 0 Å². The first kappa shape index (κ1) is 13.4. The van der Waals surface area contributed by atoms with Gasteiger partial charge in [-0.15, -0.1) is 0 Å². The van der Waals surface area contributed by atoms with Crippen molar-refractivity contribution in [2.45, 2.75) is 0 Å². The van der Waals surface area contributed by atoms with E-state index in [4.69, 9.17) is 0 Å². The Labute approximate surface area is 131 Å². The Morgan fingerprint density at radius 3 is 2.74 bits per heavy atom. The average Bonchev–Trinajstić information content (AvgIpc) is 3.11. The van der Waals surface area contributed by atoms with Crippen LogP contribution in [0.15, 0.2) is 61.1 Å². The van der Waals surface area contributed by atoms with E-state index in [9.17, 15) is 4.39 Å². The molecule has 0 aliphatic rings. The second-order valence-corrected chi connectivity index (χ2v) is 5.03. The largest absolute Gasteiger partial charge is 0.337 e. The number of rotatable bonds is 3. The van der Waals surface area contributed by atoms with Gasteiger partial charge in [-0.05, 0) is 30.3 Å². The van der Waals surface area contributed by atoms with Gasteiger partial charge in [0.15, 0.2) is 0 Å². The molecule has 0 aliphatic heterocycles. The van der Waals surface area contributed by atoms with E-state index < -0.39 is 0 Å². The Morgan fingerprint density at radius 1 is 1.00 bits per heavy atom. The van der Waals surface area contributed by atoms with Gasteiger partial charge in [-0.2, -0.15) is 5.10 Å². The van der Waals surface area contributed by atoms with Gasteiger partial charge in [0.05, 0.1) is 16.9 Å². The van der Waals surface area contributed by atoms with Crippen LogP contribution in [-0.2, 0) is 0 Å². The monoisotopic (exact) mass is 305 g/mol. The smallest absolute Gasteiger partial charge is 0.146 e. The van der Waals surface area contributed by atoms with E-state index in [1.807, 2.05) is 24.3 Å². The Balaban J connectivity index is 1.78. The number of H-pyrrole nitrogens is 1. The van der Waals surface area contributed by atoms with Crippen LogP contribution in [0.25, 0.3) is 22.2 Å². The maximum atomic E-state index is 13.8. The molecule has 0 saturated carbocycles. The molecule has 112 valence electrons. The minimum atomic E-state index is -0.326. The Bertz CT molecular complexity index is 966. The lowest BCUT2D eigenvalue weighted by atomic mass is 10.1. The van der Waals surface area contributed by atoms with Crippen molar-refractivity contribution in [3.63, 3.8) is 0 Å².